The van der Waals surface area contributed by atoms with Crippen LogP contribution in [-0.2, 0) is 4.79 Å². The van der Waals surface area contributed by atoms with Crippen LogP contribution in [0.25, 0.3) is 0 Å². The van der Waals surface area contributed by atoms with Gasteiger partial charge in [-0.05, 0) is 57.9 Å². The van der Waals surface area contributed by atoms with Crippen LogP contribution in [0, 0.1) is 27.7 Å². The Morgan fingerprint density at radius 3 is 1.86 bits per heavy atom. The quantitative estimate of drug-likeness (QED) is 0.880. The summed E-state index contributed by atoms with van der Waals surface area (Å²) in [4.78, 5) is 12.4. The summed E-state index contributed by atoms with van der Waals surface area (Å²) in [6.45, 7) is 10.0. The SMILES string of the molecule is Cc1ccc(NC(=O)C(C)Nc2ccc(C)cc2C)c(C)c1. The van der Waals surface area contributed by atoms with Crippen molar-refractivity contribution in [1.29, 1.82) is 0 Å². The lowest BCUT2D eigenvalue weighted by Crippen LogP contribution is -2.32. The minimum Gasteiger partial charge on any atom is -0.374 e. The van der Waals surface area contributed by atoms with E-state index in [0.717, 1.165) is 22.5 Å². The normalized spacial score (nSPS) is 11.9. The fraction of sp³-hybridized carbons (Fsp3) is 0.316. The van der Waals surface area contributed by atoms with E-state index in [9.17, 15) is 4.79 Å². The van der Waals surface area contributed by atoms with Crippen LogP contribution in [0.5, 0.6) is 0 Å². The number of rotatable bonds is 4. The average Bonchev–Trinajstić information content (AvgIpc) is 2.44. The molecule has 1 amide bonds. The van der Waals surface area contributed by atoms with Crippen LogP contribution in [0.3, 0.4) is 0 Å². The second kappa shape index (κ2) is 6.65. The van der Waals surface area contributed by atoms with Crippen molar-refractivity contribution in [3.05, 3.63) is 58.7 Å². The van der Waals surface area contributed by atoms with E-state index in [1.807, 2.05) is 52.0 Å². The van der Waals surface area contributed by atoms with Crippen molar-refractivity contribution >= 4 is 17.3 Å². The lowest BCUT2D eigenvalue weighted by molar-refractivity contribution is -0.116. The van der Waals surface area contributed by atoms with Crippen LogP contribution in [0.1, 0.15) is 29.2 Å². The van der Waals surface area contributed by atoms with E-state index in [2.05, 4.69) is 29.7 Å². The summed E-state index contributed by atoms with van der Waals surface area (Å²) >= 11 is 0. The molecule has 0 aliphatic carbocycles. The van der Waals surface area contributed by atoms with Crippen molar-refractivity contribution < 1.29 is 4.79 Å². The fourth-order valence-electron chi connectivity index (χ4n) is 2.47. The van der Waals surface area contributed by atoms with Gasteiger partial charge in [0.1, 0.15) is 6.04 Å². The summed E-state index contributed by atoms with van der Waals surface area (Å²) in [6, 6.07) is 11.9. The highest BCUT2D eigenvalue weighted by atomic mass is 16.2. The van der Waals surface area contributed by atoms with Crippen LogP contribution < -0.4 is 10.6 Å². The van der Waals surface area contributed by atoms with Gasteiger partial charge in [0.15, 0.2) is 0 Å². The molecule has 0 radical (unpaired) electrons. The predicted molar refractivity (Wildman–Crippen MR) is 93.5 cm³/mol. The molecule has 0 aliphatic heterocycles. The zero-order valence-corrected chi connectivity index (χ0v) is 13.9. The molecule has 22 heavy (non-hydrogen) atoms. The van der Waals surface area contributed by atoms with Crippen molar-refractivity contribution in [1.82, 2.24) is 0 Å². The number of nitrogens with one attached hydrogen (secondary N) is 2. The van der Waals surface area contributed by atoms with Gasteiger partial charge in [-0.15, -0.1) is 0 Å². The van der Waals surface area contributed by atoms with Gasteiger partial charge in [-0.25, -0.2) is 0 Å². The van der Waals surface area contributed by atoms with Gasteiger partial charge < -0.3 is 10.6 Å². The standard InChI is InChI=1S/C19H24N2O/c1-12-6-8-17(14(3)10-12)20-16(5)19(22)21-18-9-7-13(2)11-15(18)4/h6-11,16,20H,1-5H3,(H,21,22). The second-order valence-electron chi connectivity index (χ2n) is 5.99. The largest absolute Gasteiger partial charge is 0.374 e. The first-order valence-corrected chi connectivity index (χ1v) is 7.58. The monoisotopic (exact) mass is 296 g/mol. The Kier molecular flexibility index (Phi) is 4.86. The molecule has 2 aromatic rings. The third-order valence-electron chi connectivity index (χ3n) is 3.79. The molecule has 0 bridgehead atoms. The van der Waals surface area contributed by atoms with Gasteiger partial charge in [0.25, 0.3) is 0 Å². The highest BCUT2D eigenvalue weighted by Gasteiger charge is 2.14. The van der Waals surface area contributed by atoms with Crippen molar-refractivity contribution in [2.45, 2.75) is 40.7 Å². The van der Waals surface area contributed by atoms with E-state index in [1.54, 1.807) is 0 Å². The Labute approximate surface area is 132 Å². The van der Waals surface area contributed by atoms with E-state index in [1.165, 1.54) is 11.1 Å². The van der Waals surface area contributed by atoms with E-state index in [-0.39, 0.29) is 11.9 Å². The summed E-state index contributed by atoms with van der Waals surface area (Å²) in [6.07, 6.45) is 0. The van der Waals surface area contributed by atoms with Crippen molar-refractivity contribution in [2.75, 3.05) is 10.6 Å². The average molecular weight is 296 g/mol. The summed E-state index contributed by atoms with van der Waals surface area (Å²) in [5, 5.41) is 6.26. The molecule has 0 aromatic heterocycles. The topological polar surface area (TPSA) is 41.1 Å². The van der Waals surface area contributed by atoms with Crippen molar-refractivity contribution in [2.24, 2.45) is 0 Å². The maximum Gasteiger partial charge on any atom is 0.246 e. The molecule has 0 heterocycles. The number of hydrogen-bond acceptors (Lipinski definition) is 2. The van der Waals surface area contributed by atoms with E-state index < -0.39 is 0 Å². The van der Waals surface area contributed by atoms with Crippen LogP contribution in [0.15, 0.2) is 36.4 Å². The molecule has 0 saturated heterocycles. The first-order chi connectivity index (χ1) is 10.4. The molecule has 0 aliphatic rings. The minimum atomic E-state index is -0.304. The molecular formula is C19H24N2O. The molecule has 1 atom stereocenters. The molecule has 2 N–H and O–H groups in total. The molecule has 1 unspecified atom stereocenters. The van der Waals surface area contributed by atoms with Crippen LogP contribution in [0.2, 0.25) is 0 Å². The molecular weight excluding hydrogens is 272 g/mol. The molecule has 2 rings (SSSR count). The molecule has 116 valence electrons. The lowest BCUT2D eigenvalue weighted by Gasteiger charge is -2.18. The molecule has 2 aromatic carbocycles. The Morgan fingerprint density at radius 1 is 0.864 bits per heavy atom. The van der Waals surface area contributed by atoms with Gasteiger partial charge >= 0.3 is 0 Å². The highest BCUT2D eigenvalue weighted by molar-refractivity contribution is 5.96. The van der Waals surface area contributed by atoms with Gasteiger partial charge in [0.05, 0.1) is 0 Å². The third-order valence-corrected chi connectivity index (χ3v) is 3.79. The zero-order valence-electron chi connectivity index (χ0n) is 13.9. The van der Waals surface area contributed by atoms with Crippen molar-refractivity contribution in [3.63, 3.8) is 0 Å². The Hall–Kier alpha value is -2.29. The number of amides is 1. The molecule has 0 spiro atoms. The summed E-state index contributed by atoms with van der Waals surface area (Å²) in [7, 11) is 0. The van der Waals surface area contributed by atoms with Gasteiger partial charge in [-0.3, -0.25) is 4.79 Å². The van der Waals surface area contributed by atoms with E-state index in [0.29, 0.717) is 0 Å². The Morgan fingerprint density at radius 2 is 1.36 bits per heavy atom. The lowest BCUT2D eigenvalue weighted by atomic mass is 10.1. The molecule has 0 fully saturated rings. The number of hydrogen-bond donors (Lipinski definition) is 2. The van der Waals surface area contributed by atoms with Crippen LogP contribution in [0.4, 0.5) is 11.4 Å². The first kappa shape index (κ1) is 16.1. The molecule has 3 heteroatoms. The molecule has 0 saturated carbocycles. The summed E-state index contributed by atoms with van der Waals surface area (Å²) in [5.74, 6) is -0.0353. The first-order valence-electron chi connectivity index (χ1n) is 7.58. The Balaban J connectivity index is 2.05. The third kappa shape index (κ3) is 3.88. The van der Waals surface area contributed by atoms with Gasteiger partial charge in [-0.2, -0.15) is 0 Å². The van der Waals surface area contributed by atoms with Crippen molar-refractivity contribution in [3.8, 4) is 0 Å². The van der Waals surface area contributed by atoms with Gasteiger partial charge in [0, 0.05) is 11.4 Å². The second-order valence-corrected chi connectivity index (χ2v) is 5.99. The van der Waals surface area contributed by atoms with Crippen LogP contribution >= 0.6 is 0 Å². The maximum atomic E-state index is 12.4. The number of benzene rings is 2. The fourth-order valence-corrected chi connectivity index (χ4v) is 2.47. The molecule has 3 nitrogen and oxygen atoms in total. The van der Waals surface area contributed by atoms with Crippen LogP contribution in [-0.4, -0.2) is 11.9 Å². The van der Waals surface area contributed by atoms with E-state index >= 15 is 0 Å². The number of carbonyl (C=O) groups excluding carboxylic acids is 1. The summed E-state index contributed by atoms with van der Waals surface area (Å²) in [5.41, 5.74) is 6.49. The maximum absolute atomic E-state index is 12.4. The minimum absolute atomic E-state index is 0.0353. The van der Waals surface area contributed by atoms with E-state index in [4.69, 9.17) is 0 Å². The zero-order chi connectivity index (χ0) is 16.3. The number of anilines is 2. The smallest absolute Gasteiger partial charge is 0.246 e. The van der Waals surface area contributed by atoms with Gasteiger partial charge in [0.2, 0.25) is 5.91 Å². The highest BCUT2D eigenvalue weighted by Crippen LogP contribution is 2.19. The van der Waals surface area contributed by atoms with Gasteiger partial charge in [-0.1, -0.05) is 35.4 Å². The number of carbonyl (C=O) groups is 1. The predicted octanol–water partition coefficient (Wildman–Crippen LogP) is 4.36. The summed E-state index contributed by atoms with van der Waals surface area (Å²) < 4.78 is 0. The Bertz CT molecular complexity index is 692. The number of aryl methyl sites for hydroxylation is 4.